The van der Waals surface area contributed by atoms with E-state index >= 15 is 0 Å². The lowest BCUT2D eigenvalue weighted by atomic mass is 10.1. The number of imidazole rings is 1. The Morgan fingerprint density at radius 1 is 0.870 bits per heavy atom. The lowest BCUT2D eigenvalue weighted by Gasteiger charge is -2.11. The van der Waals surface area contributed by atoms with Gasteiger partial charge in [0.25, 0.3) is 0 Å². The Kier molecular flexibility index (Phi) is 4.12. The van der Waals surface area contributed by atoms with Crippen molar-refractivity contribution in [2.45, 2.75) is 41.2 Å². The highest BCUT2D eigenvalue weighted by Gasteiger charge is 2.09. The second-order valence-electron chi connectivity index (χ2n) is 6.33. The molecule has 0 saturated carbocycles. The van der Waals surface area contributed by atoms with Crippen molar-refractivity contribution >= 4 is 11.0 Å². The van der Waals surface area contributed by atoms with E-state index in [2.05, 4.69) is 68.4 Å². The molecule has 2 aromatic carbocycles. The zero-order valence-electron chi connectivity index (χ0n) is 14.6. The zero-order chi connectivity index (χ0) is 16.6. The van der Waals surface area contributed by atoms with Crippen molar-refractivity contribution < 1.29 is 4.74 Å². The van der Waals surface area contributed by atoms with Crippen molar-refractivity contribution in [3.63, 3.8) is 0 Å². The molecule has 0 aliphatic heterocycles. The van der Waals surface area contributed by atoms with Crippen molar-refractivity contribution in [2.24, 2.45) is 0 Å². The van der Waals surface area contributed by atoms with Crippen molar-refractivity contribution in [3.8, 4) is 5.75 Å². The highest BCUT2D eigenvalue weighted by Crippen LogP contribution is 2.21. The molecule has 0 spiro atoms. The molecule has 3 nitrogen and oxygen atoms in total. The molecule has 0 atom stereocenters. The standard InChI is InChI=1S/C20H24N2O/c1-13-6-7-18(10-14(13)2)23-9-8-22-17(5)21-19-11-15(3)16(4)12-20(19)22/h6-7,10-12H,8-9H2,1-5H3. The molecular weight excluding hydrogens is 284 g/mol. The maximum absolute atomic E-state index is 5.92. The van der Waals surface area contributed by atoms with Gasteiger partial charge in [-0.2, -0.15) is 0 Å². The topological polar surface area (TPSA) is 27.1 Å². The maximum Gasteiger partial charge on any atom is 0.119 e. The second kappa shape index (κ2) is 6.07. The third-order valence-electron chi connectivity index (χ3n) is 4.62. The molecular formula is C20H24N2O. The highest BCUT2D eigenvalue weighted by molar-refractivity contribution is 5.78. The van der Waals surface area contributed by atoms with Crippen LogP contribution in [-0.2, 0) is 6.54 Å². The van der Waals surface area contributed by atoms with Gasteiger partial charge in [0.15, 0.2) is 0 Å². The van der Waals surface area contributed by atoms with E-state index in [0.29, 0.717) is 6.61 Å². The van der Waals surface area contributed by atoms with Gasteiger partial charge in [-0.15, -0.1) is 0 Å². The molecule has 0 unspecified atom stereocenters. The van der Waals surface area contributed by atoms with E-state index in [4.69, 9.17) is 4.74 Å². The molecule has 3 aromatic rings. The highest BCUT2D eigenvalue weighted by atomic mass is 16.5. The minimum Gasteiger partial charge on any atom is -0.492 e. The van der Waals surface area contributed by atoms with E-state index < -0.39 is 0 Å². The molecule has 1 heterocycles. The van der Waals surface area contributed by atoms with Crippen molar-refractivity contribution in [2.75, 3.05) is 6.61 Å². The van der Waals surface area contributed by atoms with Crippen LogP contribution in [0, 0.1) is 34.6 Å². The molecule has 0 amide bonds. The lowest BCUT2D eigenvalue weighted by molar-refractivity contribution is 0.298. The molecule has 0 aliphatic carbocycles. The fourth-order valence-electron chi connectivity index (χ4n) is 2.84. The van der Waals surface area contributed by atoms with Gasteiger partial charge in [0.05, 0.1) is 17.6 Å². The number of hydrogen-bond acceptors (Lipinski definition) is 2. The molecule has 120 valence electrons. The molecule has 0 bridgehead atoms. The van der Waals surface area contributed by atoms with Crippen LogP contribution in [0.1, 0.15) is 28.1 Å². The Morgan fingerprint density at radius 3 is 2.30 bits per heavy atom. The van der Waals surface area contributed by atoms with E-state index in [1.807, 2.05) is 6.07 Å². The molecule has 0 saturated heterocycles. The summed E-state index contributed by atoms with van der Waals surface area (Å²) in [6.45, 7) is 12.0. The number of benzene rings is 2. The molecule has 23 heavy (non-hydrogen) atoms. The van der Waals surface area contributed by atoms with E-state index in [-0.39, 0.29) is 0 Å². The average molecular weight is 308 g/mol. The van der Waals surface area contributed by atoms with Crippen LogP contribution in [0.5, 0.6) is 5.75 Å². The summed E-state index contributed by atoms with van der Waals surface area (Å²) in [6, 6.07) is 10.6. The Labute approximate surface area is 137 Å². The van der Waals surface area contributed by atoms with Gasteiger partial charge in [0.2, 0.25) is 0 Å². The predicted molar refractivity (Wildman–Crippen MR) is 95.4 cm³/mol. The fraction of sp³-hybridized carbons (Fsp3) is 0.350. The first-order chi connectivity index (χ1) is 11.0. The van der Waals surface area contributed by atoms with Gasteiger partial charge in [-0.3, -0.25) is 0 Å². The Hall–Kier alpha value is -2.29. The van der Waals surface area contributed by atoms with Gasteiger partial charge >= 0.3 is 0 Å². The normalized spacial score (nSPS) is 11.2. The van der Waals surface area contributed by atoms with Gasteiger partial charge in [0.1, 0.15) is 18.2 Å². The summed E-state index contributed by atoms with van der Waals surface area (Å²) in [4.78, 5) is 4.67. The smallest absolute Gasteiger partial charge is 0.119 e. The van der Waals surface area contributed by atoms with Crippen molar-refractivity contribution in [1.82, 2.24) is 9.55 Å². The van der Waals surface area contributed by atoms with Gasteiger partial charge in [-0.1, -0.05) is 6.07 Å². The minimum atomic E-state index is 0.641. The van der Waals surface area contributed by atoms with Crippen molar-refractivity contribution in [1.29, 1.82) is 0 Å². The van der Waals surface area contributed by atoms with E-state index in [0.717, 1.165) is 23.6 Å². The summed E-state index contributed by atoms with van der Waals surface area (Å²) in [5, 5.41) is 0. The minimum absolute atomic E-state index is 0.641. The number of hydrogen-bond donors (Lipinski definition) is 0. The van der Waals surface area contributed by atoms with Crippen LogP contribution in [0.3, 0.4) is 0 Å². The largest absolute Gasteiger partial charge is 0.492 e. The predicted octanol–water partition coefficient (Wildman–Crippen LogP) is 4.66. The van der Waals surface area contributed by atoms with E-state index in [1.165, 1.54) is 27.8 Å². The average Bonchev–Trinajstić information content (AvgIpc) is 2.79. The van der Waals surface area contributed by atoms with Gasteiger partial charge in [0, 0.05) is 0 Å². The van der Waals surface area contributed by atoms with Crippen LogP contribution in [0.2, 0.25) is 0 Å². The quantitative estimate of drug-likeness (QED) is 0.701. The first kappa shape index (κ1) is 15.6. The molecule has 0 radical (unpaired) electrons. The van der Waals surface area contributed by atoms with Crippen LogP contribution < -0.4 is 4.74 Å². The Balaban J connectivity index is 1.77. The molecule has 0 aliphatic rings. The van der Waals surface area contributed by atoms with E-state index in [9.17, 15) is 0 Å². The third kappa shape index (κ3) is 3.09. The first-order valence-electron chi connectivity index (χ1n) is 8.10. The second-order valence-corrected chi connectivity index (χ2v) is 6.33. The summed E-state index contributed by atoms with van der Waals surface area (Å²) in [6.07, 6.45) is 0. The van der Waals surface area contributed by atoms with Crippen LogP contribution in [0.25, 0.3) is 11.0 Å². The number of fused-ring (bicyclic) bond motifs is 1. The number of nitrogens with zero attached hydrogens (tertiary/aromatic N) is 2. The summed E-state index contributed by atoms with van der Waals surface area (Å²) in [5.41, 5.74) is 7.39. The summed E-state index contributed by atoms with van der Waals surface area (Å²) < 4.78 is 8.16. The number of aromatic nitrogens is 2. The summed E-state index contributed by atoms with van der Waals surface area (Å²) in [5.74, 6) is 1.97. The summed E-state index contributed by atoms with van der Waals surface area (Å²) in [7, 11) is 0. The van der Waals surface area contributed by atoms with Crippen LogP contribution in [0.4, 0.5) is 0 Å². The summed E-state index contributed by atoms with van der Waals surface area (Å²) >= 11 is 0. The maximum atomic E-state index is 5.92. The monoisotopic (exact) mass is 308 g/mol. The molecule has 0 fully saturated rings. The van der Waals surface area contributed by atoms with Crippen LogP contribution in [0.15, 0.2) is 30.3 Å². The number of rotatable bonds is 4. The Morgan fingerprint density at radius 2 is 1.57 bits per heavy atom. The zero-order valence-corrected chi connectivity index (χ0v) is 14.6. The van der Waals surface area contributed by atoms with Gasteiger partial charge in [-0.25, -0.2) is 4.98 Å². The van der Waals surface area contributed by atoms with Crippen LogP contribution in [-0.4, -0.2) is 16.2 Å². The third-order valence-corrected chi connectivity index (χ3v) is 4.62. The molecule has 3 rings (SSSR count). The van der Waals surface area contributed by atoms with Crippen molar-refractivity contribution in [3.05, 3.63) is 58.4 Å². The van der Waals surface area contributed by atoms with Crippen LogP contribution >= 0.6 is 0 Å². The lowest BCUT2D eigenvalue weighted by Crippen LogP contribution is -2.09. The fourth-order valence-corrected chi connectivity index (χ4v) is 2.84. The van der Waals surface area contributed by atoms with Gasteiger partial charge in [-0.05, 0) is 81.1 Å². The van der Waals surface area contributed by atoms with Gasteiger partial charge < -0.3 is 9.30 Å². The first-order valence-corrected chi connectivity index (χ1v) is 8.10. The number of ether oxygens (including phenoxy) is 1. The number of aryl methyl sites for hydroxylation is 5. The molecule has 1 aromatic heterocycles. The Bertz CT molecular complexity index is 862. The molecule has 0 N–H and O–H groups in total. The molecule has 3 heteroatoms. The SMILES string of the molecule is Cc1ccc(OCCn2c(C)nc3cc(C)c(C)cc32)cc1C. The van der Waals surface area contributed by atoms with E-state index in [1.54, 1.807) is 0 Å².